The molecule has 2 aliphatic rings. The number of hydrogen-bond donors (Lipinski definition) is 1. The van der Waals surface area contributed by atoms with Crippen LogP contribution in [0, 0.1) is 0 Å². The zero-order chi connectivity index (χ0) is 24.7. The number of ether oxygens (including phenoxy) is 1. The van der Waals surface area contributed by atoms with Crippen LogP contribution in [0.1, 0.15) is 52.9 Å². The molecule has 0 radical (unpaired) electrons. The summed E-state index contributed by atoms with van der Waals surface area (Å²) in [5.74, 6) is -0.727. The highest BCUT2D eigenvalue weighted by Gasteiger charge is 2.54. The molecule has 2 aliphatic heterocycles. The molecule has 0 saturated carbocycles. The van der Waals surface area contributed by atoms with Crippen LogP contribution in [0.2, 0.25) is 0 Å². The molecule has 0 bridgehead atoms. The molecule has 1 atom stereocenters. The third-order valence-electron chi connectivity index (χ3n) is 6.73. The second kappa shape index (κ2) is 11.4. The van der Waals surface area contributed by atoms with E-state index in [0.717, 1.165) is 12.1 Å². The Kier molecular flexibility index (Phi) is 8.52. The summed E-state index contributed by atoms with van der Waals surface area (Å²) in [5, 5.41) is 2.94. The minimum atomic E-state index is -0.796. The van der Waals surface area contributed by atoms with E-state index in [4.69, 9.17) is 4.74 Å². The highest BCUT2D eigenvalue weighted by atomic mass is 16.5. The maximum atomic E-state index is 13.7. The van der Waals surface area contributed by atoms with Gasteiger partial charge >= 0.3 is 5.97 Å². The summed E-state index contributed by atoms with van der Waals surface area (Å²) in [6.45, 7) is 7.15. The number of nitrogens with one attached hydrogen (secondary N) is 1. The fourth-order valence-corrected chi connectivity index (χ4v) is 4.64. The van der Waals surface area contributed by atoms with Gasteiger partial charge in [0.1, 0.15) is 12.1 Å². The molecule has 1 unspecified atom stereocenters. The lowest BCUT2D eigenvalue weighted by molar-refractivity contribution is -0.146. The highest BCUT2D eigenvalue weighted by Crippen LogP contribution is 2.39. The molecule has 0 aliphatic carbocycles. The van der Waals surface area contributed by atoms with Crippen molar-refractivity contribution in [2.24, 2.45) is 0 Å². The Bertz CT molecular complexity index is 883. The minimum absolute atomic E-state index is 0.0104. The maximum Gasteiger partial charge on any atom is 0.306 e. The van der Waals surface area contributed by atoms with Gasteiger partial charge in [0, 0.05) is 31.2 Å². The average molecular weight is 473 g/mol. The van der Waals surface area contributed by atoms with Gasteiger partial charge in [-0.25, -0.2) is 0 Å². The smallest absolute Gasteiger partial charge is 0.306 e. The van der Waals surface area contributed by atoms with Crippen molar-refractivity contribution in [1.82, 2.24) is 15.1 Å². The topological polar surface area (TPSA) is 99.3 Å². The van der Waals surface area contributed by atoms with E-state index in [1.165, 1.54) is 0 Å². The molecular formula is C25H36N4O5. The summed E-state index contributed by atoms with van der Waals surface area (Å²) < 4.78 is 4.91. The molecule has 0 aromatic heterocycles. The second-order valence-electron chi connectivity index (χ2n) is 9.00. The Labute approximate surface area is 201 Å². The van der Waals surface area contributed by atoms with E-state index in [1.54, 1.807) is 16.7 Å². The summed E-state index contributed by atoms with van der Waals surface area (Å²) in [6, 6.07) is 9.77. The number of anilines is 1. The van der Waals surface area contributed by atoms with Gasteiger partial charge in [-0.15, -0.1) is 0 Å². The van der Waals surface area contributed by atoms with Crippen LogP contribution in [0.25, 0.3) is 0 Å². The number of hydrogen-bond acceptors (Lipinski definition) is 6. The van der Waals surface area contributed by atoms with E-state index in [9.17, 15) is 19.2 Å². The SMILES string of the molecule is CCOC(=O)CCC(=O)N1CCC2(CC1)C(=O)N(CC(=O)NC(C)CC)CN2c1ccccc1. The van der Waals surface area contributed by atoms with Crippen molar-refractivity contribution >= 4 is 29.4 Å². The molecule has 2 heterocycles. The van der Waals surface area contributed by atoms with Gasteiger partial charge in [-0.3, -0.25) is 19.2 Å². The van der Waals surface area contributed by atoms with Crippen LogP contribution < -0.4 is 10.2 Å². The molecule has 3 amide bonds. The monoisotopic (exact) mass is 472 g/mol. The summed E-state index contributed by atoms with van der Waals surface area (Å²) in [4.78, 5) is 55.8. The summed E-state index contributed by atoms with van der Waals surface area (Å²) in [5.41, 5.74) is 0.124. The highest BCUT2D eigenvalue weighted by molar-refractivity contribution is 5.96. The number of rotatable bonds is 9. The molecule has 1 aromatic carbocycles. The van der Waals surface area contributed by atoms with E-state index in [-0.39, 0.29) is 49.1 Å². The van der Waals surface area contributed by atoms with Crippen LogP contribution in [0.4, 0.5) is 5.69 Å². The quantitative estimate of drug-likeness (QED) is 0.552. The fourth-order valence-electron chi connectivity index (χ4n) is 4.64. The molecule has 186 valence electrons. The van der Waals surface area contributed by atoms with Gasteiger partial charge in [0.2, 0.25) is 11.8 Å². The lowest BCUT2D eigenvalue weighted by Gasteiger charge is -2.43. The van der Waals surface area contributed by atoms with Gasteiger partial charge in [0.25, 0.3) is 5.91 Å². The predicted octanol–water partition coefficient (Wildman–Crippen LogP) is 1.91. The van der Waals surface area contributed by atoms with Gasteiger partial charge in [-0.1, -0.05) is 25.1 Å². The minimum Gasteiger partial charge on any atom is -0.466 e. The van der Waals surface area contributed by atoms with Crippen molar-refractivity contribution in [1.29, 1.82) is 0 Å². The number of para-hydroxylation sites is 1. The van der Waals surface area contributed by atoms with E-state index >= 15 is 0 Å². The molecule has 2 fully saturated rings. The normalized spacial score (nSPS) is 18.2. The number of likely N-dealkylation sites (tertiary alicyclic amines) is 1. The molecule has 9 nitrogen and oxygen atoms in total. The van der Waals surface area contributed by atoms with Crippen LogP contribution in [-0.2, 0) is 23.9 Å². The number of carbonyl (C=O) groups excluding carboxylic acids is 4. The fraction of sp³-hybridized carbons (Fsp3) is 0.600. The molecule has 34 heavy (non-hydrogen) atoms. The van der Waals surface area contributed by atoms with Gasteiger partial charge in [0.05, 0.1) is 19.7 Å². The van der Waals surface area contributed by atoms with Gasteiger partial charge < -0.3 is 24.8 Å². The first kappa shape index (κ1) is 25.5. The largest absolute Gasteiger partial charge is 0.466 e. The molecule has 1 spiro atoms. The lowest BCUT2D eigenvalue weighted by Crippen LogP contribution is -2.57. The molecular weight excluding hydrogens is 436 g/mol. The van der Waals surface area contributed by atoms with Crippen molar-refractivity contribution < 1.29 is 23.9 Å². The summed E-state index contributed by atoms with van der Waals surface area (Å²) >= 11 is 0. The molecule has 1 N–H and O–H groups in total. The van der Waals surface area contributed by atoms with Gasteiger partial charge in [0.15, 0.2) is 0 Å². The Morgan fingerprint density at radius 2 is 1.76 bits per heavy atom. The van der Waals surface area contributed by atoms with E-state index in [0.29, 0.717) is 39.2 Å². The average Bonchev–Trinajstić information content (AvgIpc) is 3.09. The first-order valence-electron chi connectivity index (χ1n) is 12.2. The summed E-state index contributed by atoms with van der Waals surface area (Å²) in [7, 11) is 0. The number of benzene rings is 1. The van der Waals surface area contributed by atoms with Gasteiger partial charge in [-0.2, -0.15) is 0 Å². The zero-order valence-electron chi connectivity index (χ0n) is 20.4. The first-order chi connectivity index (χ1) is 16.3. The third kappa shape index (κ3) is 5.69. The number of nitrogens with zero attached hydrogens (tertiary/aromatic N) is 3. The number of piperidine rings is 1. The van der Waals surface area contributed by atoms with Crippen LogP contribution in [0.3, 0.4) is 0 Å². The molecule has 9 heteroatoms. The first-order valence-corrected chi connectivity index (χ1v) is 12.2. The Balaban J connectivity index is 1.71. The van der Waals surface area contributed by atoms with Crippen LogP contribution >= 0.6 is 0 Å². The predicted molar refractivity (Wildman–Crippen MR) is 128 cm³/mol. The van der Waals surface area contributed by atoms with Crippen LogP contribution in [0.5, 0.6) is 0 Å². The lowest BCUT2D eigenvalue weighted by atomic mass is 9.85. The van der Waals surface area contributed by atoms with Crippen molar-refractivity contribution in [3.63, 3.8) is 0 Å². The van der Waals surface area contributed by atoms with E-state index < -0.39 is 5.54 Å². The Morgan fingerprint density at radius 3 is 2.38 bits per heavy atom. The summed E-state index contributed by atoms with van der Waals surface area (Å²) in [6.07, 6.45) is 1.91. The van der Waals surface area contributed by atoms with E-state index in [1.807, 2.05) is 44.2 Å². The molecule has 2 saturated heterocycles. The second-order valence-corrected chi connectivity index (χ2v) is 9.00. The molecule has 1 aromatic rings. The number of carbonyl (C=O) groups is 4. The van der Waals surface area contributed by atoms with Crippen molar-refractivity contribution in [2.45, 2.75) is 64.5 Å². The van der Waals surface area contributed by atoms with Crippen molar-refractivity contribution in [2.75, 3.05) is 37.8 Å². The maximum absolute atomic E-state index is 13.7. The zero-order valence-corrected chi connectivity index (χ0v) is 20.4. The van der Waals surface area contributed by atoms with Crippen LogP contribution in [0.15, 0.2) is 30.3 Å². The standard InChI is InChI=1S/C25H36N4O5/c1-4-19(3)26-21(30)17-28-18-29(20-9-7-6-8-10-20)25(24(28)33)13-15-27(16-14-25)22(31)11-12-23(32)34-5-2/h6-10,19H,4-5,11-18H2,1-3H3,(H,26,30). The number of amides is 3. The van der Waals surface area contributed by atoms with E-state index in [2.05, 4.69) is 10.2 Å². The number of esters is 1. The third-order valence-corrected chi connectivity index (χ3v) is 6.73. The van der Waals surface area contributed by atoms with Crippen molar-refractivity contribution in [3.8, 4) is 0 Å². The Hall–Kier alpha value is -3.10. The Morgan fingerprint density at radius 1 is 1.09 bits per heavy atom. The van der Waals surface area contributed by atoms with Gasteiger partial charge in [-0.05, 0) is 45.2 Å². The van der Waals surface area contributed by atoms with Crippen LogP contribution in [-0.4, -0.2) is 78.0 Å². The van der Waals surface area contributed by atoms with Crippen molar-refractivity contribution in [3.05, 3.63) is 30.3 Å². The molecule has 3 rings (SSSR count).